The molecule has 102 valence electrons. The average Bonchev–Trinajstić information content (AvgIpc) is 2.39. The molecule has 2 atom stereocenters. The SMILES string of the molecule is Cl.N[C@H](c1ccc(O)cc1)[C@@H](O)C1CCCCC1. The van der Waals surface area contributed by atoms with Crippen LogP contribution in [0.1, 0.15) is 43.7 Å². The zero-order valence-corrected chi connectivity index (χ0v) is 11.3. The molecule has 0 bridgehead atoms. The van der Waals surface area contributed by atoms with E-state index in [2.05, 4.69) is 0 Å². The van der Waals surface area contributed by atoms with Gasteiger partial charge in [-0.3, -0.25) is 0 Å². The molecule has 2 rings (SSSR count). The van der Waals surface area contributed by atoms with Gasteiger partial charge in [-0.1, -0.05) is 31.4 Å². The van der Waals surface area contributed by atoms with Crippen LogP contribution in [-0.4, -0.2) is 16.3 Å². The van der Waals surface area contributed by atoms with Gasteiger partial charge in [0, 0.05) is 0 Å². The lowest BCUT2D eigenvalue weighted by atomic mass is 9.81. The summed E-state index contributed by atoms with van der Waals surface area (Å²) >= 11 is 0. The van der Waals surface area contributed by atoms with Crippen LogP contribution >= 0.6 is 12.4 Å². The molecule has 0 spiro atoms. The number of halogens is 1. The van der Waals surface area contributed by atoms with Crippen molar-refractivity contribution in [1.82, 2.24) is 0 Å². The van der Waals surface area contributed by atoms with Gasteiger partial charge >= 0.3 is 0 Å². The Balaban J connectivity index is 0.00000162. The predicted molar refractivity (Wildman–Crippen MR) is 74.9 cm³/mol. The van der Waals surface area contributed by atoms with Gasteiger partial charge in [0.25, 0.3) is 0 Å². The topological polar surface area (TPSA) is 66.5 Å². The molecule has 0 heterocycles. The second-order valence-corrected chi connectivity index (χ2v) is 5.01. The van der Waals surface area contributed by atoms with Crippen LogP contribution in [-0.2, 0) is 0 Å². The first kappa shape index (κ1) is 15.3. The van der Waals surface area contributed by atoms with Crippen LogP contribution in [0.2, 0.25) is 0 Å². The van der Waals surface area contributed by atoms with Gasteiger partial charge in [0.2, 0.25) is 0 Å². The monoisotopic (exact) mass is 271 g/mol. The molecule has 1 fully saturated rings. The maximum absolute atomic E-state index is 10.3. The highest BCUT2D eigenvalue weighted by Gasteiger charge is 2.27. The minimum atomic E-state index is -0.472. The number of hydrogen-bond acceptors (Lipinski definition) is 3. The standard InChI is InChI=1S/C14H21NO2.ClH/c15-13(10-6-8-12(16)9-7-10)14(17)11-4-2-1-3-5-11;/h6-9,11,13-14,16-17H,1-5,15H2;1H/t13-,14+;/m1./s1. The van der Waals surface area contributed by atoms with E-state index in [0.717, 1.165) is 18.4 Å². The number of benzene rings is 1. The molecule has 3 nitrogen and oxygen atoms in total. The molecular weight excluding hydrogens is 250 g/mol. The lowest BCUT2D eigenvalue weighted by molar-refractivity contribution is 0.0618. The quantitative estimate of drug-likeness (QED) is 0.792. The van der Waals surface area contributed by atoms with Crippen molar-refractivity contribution in [2.75, 3.05) is 0 Å². The van der Waals surface area contributed by atoms with Gasteiger partial charge in [-0.2, -0.15) is 0 Å². The molecule has 0 aromatic heterocycles. The Hall–Kier alpha value is -0.770. The van der Waals surface area contributed by atoms with Crippen LogP contribution in [0.25, 0.3) is 0 Å². The zero-order chi connectivity index (χ0) is 12.3. The summed E-state index contributed by atoms with van der Waals surface area (Å²) in [6.07, 6.45) is 5.35. The van der Waals surface area contributed by atoms with E-state index in [0.29, 0.717) is 5.92 Å². The summed E-state index contributed by atoms with van der Waals surface area (Å²) in [5.41, 5.74) is 6.98. The number of nitrogens with two attached hydrogens (primary N) is 1. The van der Waals surface area contributed by atoms with Crippen molar-refractivity contribution < 1.29 is 10.2 Å². The van der Waals surface area contributed by atoms with Crippen molar-refractivity contribution in [2.45, 2.75) is 44.2 Å². The first-order valence-corrected chi connectivity index (χ1v) is 6.41. The number of rotatable bonds is 3. The smallest absolute Gasteiger partial charge is 0.115 e. The van der Waals surface area contributed by atoms with Gasteiger partial charge in [-0.05, 0) is 36.5 Å². The number of aliphatic hydroxyl groups excluding tert-OH is 1. The number of phenolic OH excluding ortho intramolecular Hbond substituents is 1. The molecule has 1 aromatic carbocycles. The van der Waals surface area contributed by atoms with Crippen molar-refractivity contribution >= 4 is 12.4 Å². The molecule has 1 aliphatic rings. The van der Waals surface area contributed by atoms with E-state index in [1.54, 1.807) is 24.3 Å². The summed E-state index contributed by atoms with van der Waals surface area (Å²) in [5, 5.41) is 19.5. The molecular formula is C14H22ClNO2. The second-order valence-electron chi connectivity index (χ2n) is 5.01. The van der Waals surface area contributed by atoms with E-state index in [1.807, 2.05) is 0 Å². The summed E-state index contributed by atoms with van der Waals surface area (Å²) in [6.45, 7) is 0. The molecule has 1 aromatic rings. The molecule has 1 aliphatic carbocycles. The van der Waals surface area contributed by atoms with E-state index in [9.17, 15) is 10.2 Å². The largest absolute Gasteiger partial charge is 0.508 e. The fourth-order valence-electron chi connectivity index (χ4n) is 2.66. The summed E-state index contributed by atoms with van der Waals surface area (Å²) < 4.78 is 0. The maximum atomic E-state index is 10.3. The number of phenols is 1. The van der Waals surface area contributed by atoms with Crippen LogP contribution in [0.4, 0.5) is 0 Å². The highest BCUT2D eigenvalue weighted by molar-refractivity contribution is 5.85. The predicted octanol–water partition coefficient (Wildman–Crippen LogP) is 2.76. The average molecular weight is 272 g/mol. The number of aromatic hydroxyl groups is 1. The molecule has 18 heavy (non-hydrogen) atoms. The van der Waals surface area contributed by atoms with E-state index in [1.165, 1.54) is 19.3 Å². The Bertz CT molecular complexity index is 349. The third kappa shape index (κ3) is 3.61. The molecule has 4 N–H and O–H groups in total. The highest BCUT2D eigenvalue weighted by atomic mass is 35.5. The Morgan fingerprint density at radius 1 is 1.06 bits per heavy atom. The van der Waals surface area contributed by atoms with Gasteiger partial charge in [-0.15, -0.1) is 12.4 Å². The molecule has 1 saturated carbocycles. The molecule has 0 amide bonds. The third-order valence-electron chi connectivity index (χ3n) is 3.78. The summed E-state index contributed by atoms with van der Waals surface area (Å²) in [7, 11) is 0. The van der Waals surface area contributed by atoms with Gasteiger partial charge in [0.05, 0.1) is 12.1 Å². The van der Waals surface area contributed by atoms with Crippen molar-refractivity contribution in [1.29, 1.82) is 0 Å². The van der Waals surface area contributed by atoms with Crippen molar-refractivity contribution in [3.05, 3.63) is 29.8 Å². The van der Waals surface area contributed by atoms with Gasteiger partial charge < -0.3 is 15.9 Å². The molecule has 4 heteroatoms. The Labute approximate surface area is 114 Å². The van der Waals surface area contributed by atoms with E-state index >= 15 is 0 Å². The maximum Gasteiger partial charge on any atom is 0.115 e. The highest BCUT2D eigenvalue weighted by Crippen LogP contribution is 2.31. The summed E-state index contributed by atoms with van der Waals surface area (Å²) in [6, 6.07) is 6.45. The van der Waals surface area contributed by atoms with Gasteiger partial charge in [-0.25, -0.2) is 0 Å². The first-order chi connectivity index (χ1) is 8.18. The van der Waals surface area contributed by atoms with Crippen LogP contribution in [0, 0.1) is 5.92 Å². The van der Waals surface area contributed by atoms with Gasteiger partial charge in [0.15, 0.2) is 0 Å². The fourth-order valence-corrected chi connectivity index (χ4v) is 2.66. The molecule has 0 unspecified atom stereocenters. The zero-order valence-electron chi connectivity index (χ0n) is 10.5. The van der Waals surface area contributed by atoms with E-state index in [-0.39, 0.29) is 24.2 Å². The Morgan fingerprint density at radius 3 is 2.17 bits per heavy atom. The van der Waals surface area contributed by atoms with E-state index < -0.39 is 6.10 Å². The van der Waals surface area contributed by atoms with Crippen LogP contribution < -0.4 is 5.73 Å². The summed E-state index contributed by atoms with van der Waals surface area (Å²) in [4.78, 5) is 0. The second kappa shape index (κ2) is 6.98. The Kier molecular flexibility index (Phi) is 5.93. The van der Waals surface area contributed by atoms with Crippen molar-refractivity contribution in [3.8, 4) is 5.75 Å². The van der Waals surface area contributed by atoms with Crippen LogP contribution in [0.15, 0.2) is 24.3 Å². The fraction of sp³-hybridized carbons (Fsp3) is 0.571. The van der Waals surface area contributed by atoms with Crippen LogP contribution in [0.3, 0.4) is 0 Å². The normalized spacial score (nSPS) is 19.9. The number of aliphatic hydroxyl groups is 1. The van der Waals surface area contributed by atoms with Crippen molar-refractivity contribution in [3.63, 3.8) is 0 Å². The molecule has 0 radical (unpaired) electrons. The molecule has 0 saturated heterocycles. The lowest BCUT2D eigenvalue weighted by Gasteiger charge is -2.30. The summed E-state index contributed by atoms with van der Waals surface area (Å²) in [5.74, 6) is 0.556. The minimum Gasteiger partial charge on any atom is -0.508 e. The molecule has 0 aliphatic heterocycles. The minimum absolute atomic E-state index is 0. The van der Waals surface area contributed by atoms with E-state index in [4.69, 9.17) is 5.73 Å². The lowest BCUT2D eigenvalue weighted by Crippen LogP contribution is -2.34. The first-order valence-electron chi connectivity index (χ1n) is 6.41. The third-order valence-corrected chi connectivity index (χ3v) is 3.78. The van der Waals surface area contributed by atoms with Gasteiger partial charge in [0.1, 0.15) is 5.75 Å². The number of hydrogen-bond donors (Lipinski definition) is 3. The van der Waals surface area contributed by atoms with Crippen molar-refractivity contribution in [2.24, 2.45) is 11.7 Å². The Morgan fingerprint density at radius 2 is 1.61 bits per heavy atom. The van der Waals surface area contributed by atoms with Crippen LogP contribution in [0.5, 0.6) is 5.75 Å².